The first kappa shape index (κ1) is 17.7. The molecule has 0 saturated carbocycles. The van der Waals surface area contributed by atoms with Gasteiger partial charge in [0.25, 0.3) is 0 Å². The second-order valence-corrected chi connectivity index (χ2v) is 7.62. The lowest BCUT2D eigenvalue weighted by Crippen LogP contribution is -2.00. The van der Waals surface area contributed by atoms with Crippen LogP contribution in [0.25, 0.3) is 35.2 Å². The molecule has 2 aliphatic rings. The van der Waals surface area contributed by atoms with Gasteiger partial charge in [-0.1, -0.05) is 54.7 Å². The quantitative estimate of drug-likeness (QED) is 0.450. The average molecular weight is 377 g/mol. The van der Waals surface area contributed by atoms with Gasteiger partial charge in [-0.15, -0.1) is 0 Å². The molecule has 0 unspecified atom stereocenters. The monoisotopic (exact) mass is 376 g/mol. The predicted molar refractivity (Wildman–Crippen MR) is 123 cm³/mol. The summed E-state index contributed by atoms with van der Waals surface area (Å²) in [5, 5.41) is 0. The number of aryl methyl sites for hydroxylation is 1. The van der Waals surface area contributed by atoms with Crippen LogP contribution in [-0.2, 0) is 6.42 Å². The molecule has 2 aliphatic carbocycles. The smallest absolute Gasteiger partial charge is 0.0702 e. The summed E-state index contributed by atoms with van der Waals surface area (Å²) in [5.74, 6) is 0. The van der Waals surface area contributed by atoms with Crippen LogP contribution in [0.5, 0.6) is 0 Å². The van der Waals surface area contributed by atoms with Gasteiger partial charge in [-0.05, 0) is 67.7 Å². The van der Waals surface area contributed by atoms with Crippen molar-refractivity contribution in [3.8, 4) is 16.9 Å². The fraction of sp³-hybridized carbons (Fsp3) is 0.148. The Hall–Kier alpha value is -3.39. The first-order valence-electron chi connectivity index (χ1n) is 10.3. The molecule has 0 radical (unpaired) electrons. The van der Waals surface area contributed by atoms with Crippen LogP contribution in [0.15, 0.2) is 73.0 Å². The molecule has 2 heterocycles. The Morgan fingerprint density at radius 1 is 0.759 bits per heavy atom. The van der Waals surface area contributed by atoms with Crippen molar-refractivity contribution in [2.75, 3.05) is 0 Å². The SMILES string of the molecule is Cc1ccc(-c2ccc(-n3c4c(c5c3/C=C\C/C=C\C5)C=CCC=C4)cc2)nc1. The normalized spacial score (nSPS) is 17.0. The van der Waals surface area contributed by atoms with Crippen molar-refractivity contribution in [3.63, 3.8) is 0 Å². The summed E-state index contributed by atoms with van der Waals surface area (Å²) in [6.45, 7) is 2.07. The highest BCUT2D eigenvalue weighted by molar-refractivity contribution is 5.76. The van der Waals surface area contributed by atoms with Gasteiger partial charge in [0, 0.05) is 23.0 Å². The van der Waals surface area contributed by atoms with Crippen LogP contribution in [-0.4, -0.2) is 9.55 Å². The number of aromatic nitrogens is 2. The molecule has 0 fully saturated rings. The lowest BCUT2D eigenvalue weighted by Gasteiger charge is -2.12. The summed E-state index contributed by atoms with van der Waals surface area (Å²) in [4.78, 5) is 4.57. The number of nitrogens with zero attached hydrogens (tertiary/aromatic N) is 2. The summed E-state index contributed by atoms with van der Waals surface area (Å²) in [6.07, 6.45) is 23.0. The van der Waals surface area contributed by atoms with Crippen LogP contribution in [0.4, 0.5) is 0 Å². The zero-order valence-corrected chi connectivity index (χ0v) is 16.7. The maximum absolute atomic E-state index is 4.57. The minimum absolute atomic E-state index is 0.971. The van der Waals surface area contributed by atoms with E-state index in [-0.39, 0.29) is 0 Å². The van der Waals surface area contributed by atoms with Gasteiger partial charge in [-0.2, -0.15) is 0 Å². The first-order chi connectivity index (χ1) is 14.3. The van der Waals surface area contributed by atoms with Gasteiger partial charge in [0.2, 0.25) is 0 Å². The van der Waals surface area contributed by atoms with Gasteiger partial charge in [0.15, 0.2) is 0 Å². The number of benzene rings is 1. The molecule has 0 atom stereocenters. The largest absolute Gasteiger partial charge is 0.310 e. The van der Waals surface area contributed by atoms with E-state index in [1.165, 1.54) is 33.8 Å². The number of hydrogen-bond donors (Lipinski definition) is 0. The van der Waals surface area contributed by atoms with Crippen LogP contribution in [0.1, 0.15) is 40.9 Å². The highest BCUT2D eigenvalue weighted by Crippen LogP contribution is 2.34. The van der Waals surface area contributed by atoms with Crippen LogP contribution in [0, 0.1) is 6.92 Å². The lowest BCUT2D eigenvalue weighted by molar-refractivity contribution is 1.03. The Kier molecular flexibility index (Phi) is 4.61. The topological polar surface area (TPSA) is 17.8 Å². The first-order valence-corrected chi connectivity index (χ1v) is 10.3. The van der Waals surface area contributed by atoms with Gasteiger partial charge in [-0.3, -0.25) is 4.98 Å². The average Bonchev–Trinajstić information content (AvgIpc) is 2.86. The van der Waals surface area contributed by atoms with E-state index in [9.17, 15) is 0 Å². The van der Waals surface area contributed by atoms with Crippen molar-refractivity contribution < 1.29 is 0 Å². The lowest BCUT2D eigenvalue weighted by atomic mass is 10.0. The summed E-state index contributed by atoms with van der Waals surface area (Å²) in [7, 11) is 0. The summed E-state index contributed by atoms with van der Waals surface area (Å²) < 4.78 is 2.40. The van der Waals surface area contributed by atoms with Crippen LogP contribution < -0.4 is 0 Å². The fourth-order valence-corrected chi connectivity index (χ4v) is 4.12. The molecule has 1 aromatic carbocycles. The molecule has 0 saturated heterocycles. The number of allylic oxidation sites excluding steroid dienone is 5. The zero-order chi connectivity index (χ0) is 19.6. The molecule has 142 valence electrons. The van der Waals surface area contributed by atoms with Crippen molar-refractivity contribution in [2.45, 2.75) is 26.2 Å². The van der Waals surface area contributed by atoms with Crippen LogP contribution in [0.2, 0.25) is 0 Å². The van der Waals surface area contributed by atoms with Crippen molar-refractivity contribution in [3.05, 3.63) is 101 Å². The van der Waals surface area contributed by atoms with E-state index in [2.05, 4.69) is 101 Å². The van der Waals surface area contributed by atoms with Gasteiger partial charge in [-0.25, -0.2) is 0 Å². The van der Waals surface area contributed by atoms with Crippen molar-refractivity contribution in [1.82, 2.24) is 9.55 Å². The van der Waals surface area contributed by atoms with Gasteiger partial charge in [0.05, 0.1) is 17.1 Å². The third kappa shape index (κ3) is 3.31. The van der Waals surface area contributed by atoms with E-state index in [0.29, 0.717) is 0 Å². The molecule has 0 N–H and O–H groups in total. The van der Waals surface area contributed by atoms with Crippen molar-refractivity contribution in [2.24, 2.45) is 0 Å². The van der Waals surface area contributed by atoms with Gasteiger partial charge in [0.1, 0.15) is 0 Å². The Bertz CT molecular complexity index is 1150. The minimum atomic E-state index is 0.971. The van der Waals surface area contributed by atoms with E-state index in [0.717, 1.165) is 30.5 Å². The Labute approximate surface area is 172 Å². The molecule has 2 heteroatoms. The van der Waals surface area contributed by atoms with Crippen molar-refractivity contribution in [1.29, 1.82) is 0 Å². The summed E-state index contributed by atoms with van der Waals surface area (Å²) >= 11 is 0. The van der Waals surface area contributed by atoms with Crippen molar-refractivity contribution >= 4 is 18.2 Å². The Balaban J connectivity index is 1.65. The molecule has 0 aliphatic heterocycles. The maximum Gasteiger partial charge on any atom is 0.0702 e. The minimum Gasteiger partial charge on any atom is -0.310 e. The number of pyridine rings is 1. The summed E-state index contributed by atoms with van der Waals surface area (Å²) in [5.41, 5.74) is 9.82. The number of hydrogen-bond acceptors (Lipinski definition) is 1. The van der Waals surface area contributed by atoms with Gasteiger partial charge >= 0.3 is 0 Å². The van der Waals surface area contributed by atoms with E-state index in [4.69, 9.17) is 0 Å². The highest BCUT2D eigenvalue weighted by atomic mass is 15.0. The fourth-order valence-electron chi connectivity index (χ4n) is 4.12. The predicted octanol–water partition coefficient (Wildman–Crippen LogP) is 6.79. The molecular formula is C27H24N2. The highest BCUT2D eigenvalue weighted by Gasteiger charge is 2.20. The second kappa shape index (κ2) is 7.56. The molecule has 2 nitrogen and oxygen atoms in total. The standard InChI is InChI=1S/C27H24N2/c1-20-13-18-25(28-19-20)21-14-16-22(17-15-21)29-26-11-7-3-2-5-9-23(26)24-10-6-4-8-12-27(24)29/h2,5-8,10-19H,3-4,9H2,1H3/b5-2-,11-7-. The molecule has 3 aromatic rings. The van der Waals surface area contributed by atoms with E-state index in [1.807, 2.05) is 6.20 Å². The molecule has 2 aromatic heterocycles. The second-order valence-electron chi connectivity index (χ2n) is 7.62. The molecule has 5 rings (SSSR count). The number of fused-ring (bicyclic) bond motifs is 3. The van der Waals surface area contributed by atoms with Crippen LogP contribution >= 0.6 is 0 Å². The maximum atomic E-state index is 4.57. The third-order valence-corrected chi connectivity index (χ3v) is 5.59. The van der Waals surface area contributed by atoms with E-state index in [1.54, 1.807) is 0 Å². The van der Waals surface area contributed by atoms with E-state index < -0.39 is 0 Å². The Morgan fingerprint density at radius 3 is 2.31 bits per heavy atom. The molecular weight excluding hydrogens is 352 g/mol. The molecule has 0 spiro atoms. The molecule has 0 amide bonds. The Morgan fingerprint density at radius 2 is 1.52 bits per heavy atom. The van der Waals surface area contributed by atoms with Crippen LogP contribution in [0.3, 0.4) is 0 Å². The molecule has 29 heavy (non-hydrogen) atoms. The molecule has 0 bridgehead atoms. The third-order valence-electron chi connectivity index (χ3n) is 5.59. The zero-order valence-electron chi connectivity index (χ0n) is 16.7. The van der Waals surface area contributed by atoms with E-state index >= 15 is 0 Å². The van der Waals surface area contributed by atoms with Gasteiger partial charge < -0.3 is 4.57 Å². The number of rotatable bonds is 2. The summed E-state index contributed by atoms with van der Waals surface area (Å²) in [6, 6.07) is 13.0.